The van der Waals surface area contributed by atoms with Crippen LogP contribution in [0, 0.1) is 11.6 Å². The fraction of sp³-hybridized carbons (Fsp3) is 0.200. The van der Waals surface area contributed by atoms with Gasteiger partial charge < -0.3 is 9.80 Å². The number of halogens is 2. The molecule has 3 heterocycles. The van der Waals surface area contributed by atoms with E-state index in [4.69, 9.17) is 0 Å². The van der Waals surface area contributed by atoms with Crippen molar-refractivity contribution in [3.05, 3.63) is 72.8 Å². The van der Waals surface area contributed by atoms with Gasteiger partial charge in [0.1, 0.15) is 28.7 Å². The molecule has 2 aromatic carbocycles. The lowest BCUT2D eigenvalue weighted by molar-refractivity contribution is -0.130. The number of hydrogen-bond donors (Lipinski definition) is 1. The lowest BCUT2D eigenvalue weighted by Gasteiger charge is -2.34. The smallest absolute Gasteiger partial charge is 0.264 e. The van der Waals surface area contributed by atoms with E-state index in [0.29, 0.717) is 48.2 Å². The van der Waals surface area contributed by atoms with Gasteiger partial charge in [0.25, 0.3) is 10.0 Å². The number of sulfonamides is 1. The quantitative estimate of drug-likeness (QED) is 0.412. The van der Waals surface area contributed by atoms with Crippen molar-refractivity contribution in [2.75, 3.05) is 35.8 Å². The van der Waals surface area contributed by atoms with Crippen LogP contribution in [0.2, 0.25) is 0 Å². The highest BCUT2D eigenvalue weighted by molar-refractivity contribution is 7.92. The standard InChI is InChI=1S/C25H22F2N6O3S/c1-2-32-7-8-33(14-24(32)34)25-20-10-16(3-5-22(20)29-15-30-25)17-9-19(13-28-12-17)31-37(35,36)23-6-4-18(26)11-21(23)27/h3-6,9-13,15,31H,2,7-8,14H2,1H3. The van der Waals surface area contributed by atoms with Crippen LogP contribution in [0.3, 0.4) is 0 Å². The van der Waals surface area contributed by atoms with E-state index < -0.39 is 26.6 Å². The molecule has 1 fully saturated rings. The van der Waals surface area contributed by atoms with Crippen LogP contribution >= 0.6 is 0 Å². The molecular formula is C25H22F2N6O3S. The predicted octanol–water partition coefficient (Wildman–Crippen LogP) is 3.44. The molecule has 9 nitrogen and oxygen atoms in total. The summed E-state index contributed by atoms with van der Waals surface area (Å²) in [6, 6.07) is 9.28. The first-order valence-corrected chi connectivity index (χ1v) is 12.9. The van der Waals surface area contributed by atoms with Gasteiger partial charge in [-0.05, 0) is 42.8 Å². The normalized spacial score (nSPS) is 14.3. The van der Waals surface area contributed by atoms with E-state index in [1.807, 2.05) is 30.0 Å². The van der Waals surface area contributed by atoms with Gasteiger partial charge >= 0.3 is 0 Å². The molecule has 190 valence electrons. The Labute approximate surface area is 211 Å². The Kier molecular flexibility index (Phi) is 6.42. The minimum absolute atomic E-state index is 0.0263. The van der Waals surface area contributed by atoms with Crippen molar-refractivity contribution >= 4 is 38.3 Å². The molecule has 0 bridgehead atoms. The average Bonchev–Trinajstić information content (AvgIpc) is 2.87. The number of aromatic nitrogens is 3. The molecule has 37 heavy (non-hydrogen) atoms. The number of carbonyl (C=O) groups is 1. The van der Waals surface area contributed by atoms with Gasteiger partial charge in [-0.3, -0.25) is 14.5 Å². The molecule has 1 aliphatic rings. The third-order valence-electron chi connectivity index (χ3n) is 6.12. The summed E-state index contributed by atoms with van der Waals surface area (Å²) in [5, 5.41) is 0.733. The number of piperazine rings is 1. The van der Waals surface area contributed by atoms with Crippen molar-refractivity contribution < 1.29 is 22.0 Å². The first-order chi connectivity index (χ1) is 17.7. The third-order valence-corrected chi connectivity index (χ3v) is 7.54. The fourth-order valence-corrected chi connectivity index (χ4v) is 5.35. The predicted molar refractivity (Wildman–Crippen MR) is 134 cm³/mol. The Hall–Kier alpha value is -4.19. The zero-order chi connectivity index (χ0) is 26.2. The summed E-state index contributed by atoms with van der Waals surface area (Å²) < 4.78 is 55.0. The van der Waals surface area contributed by atoms with Crippen molar-refractivity contribution in [3.8, 4) is 11.1 Å². The maximum Gasteiger partial charge on any atom is 0.264 e. The van der Waals surface area contributed by atoms with Gasteiger partial charge in [0.2, 0.25) is 5.91 Å². The zero-order valence-electron chi connectivity index (χ0n) is 19.7. The van der Waals surface area contributed by atoms with Crippen LogP contribution in [0.5, 0.6) is 0 Å². The van der Waals surface area contributed by atoms with Gasteiger partial charge in [0.15, 0.2) is 0 Å². The molecular weight excluding hydrogens is 502 g/mol. The second-order valence-electron chi connectivity index (χ2n) is 8.47. The topological polar surface area (TPSA) is 108 Å². The molecule has 12 heteroatoms. The SMILES string of the molecule is CCN1CCN(c2ncnc3ccc(-c4cncc(NS(=O)(=O)c5ccc(F)cc5F)c4)cc23)CC1=O. The van der Waals surface area contributed by atoms with Gasteiger partial charge in [-0.25, -0.2) is 27.2 Å². The average molecular weight is 525 g/mol. The summed E-state index contributed by atoms with van der Waals surface area (Å²) in [7, 11) is -4.32. The number of benzene rings is 2. The number of rotatable bonds is 6. The van der Waals surface area contributed by atoms with E-state index in [-0.39, 0.29) is 18.1 Å². The summed E-state index contributed by atoms with van der Waals surface area (Å²) in [6.45, 7) is 4.04. The first-order valence-electron chi connectivity index (χ1n) is 11.5. The van der Waals surface area contributed by atoms with Gasteiger partial charge in [-0.15, -0.1) is 0 Å². The summed E-state index contributed by atoms with van der Waals surface area (Å²) >= 11 is 0. The second-order valence-corrected chi connectivity index (χ2v) is 10.1. The number of nitrogens with one attached hydrogen (secondary N) is 1. The van der Waals surface area contributed by atoms with Crippen LogP contribution in [-0.4, -0.2) is 60.4 Å². The molecule has 0 saturated carbocycles. The van der Waals surface area contributed by atoms with Crippen LogP contribution in [0.25, 0.3) is 22.0 Å². The molecule has 4 aromatic rings. The molecule has 0 spiro atoms. The Bertz CT molecular complexity index is 1620. The Balaban J connectivity index is 1.47. The molecule has 1 aliphatic heterocycles. The van der Waals surface area contributed by atoms with Crippen LogP contribution in [-0.2, 0) is 14.8 Å². The molecule has 0 radical (unpaired) electrons. The summed E-state index contributed by atoms with van der Waals surface area (Å²) in [5.74, 6) is -1.42. The maximum atomic E-state index is 14.1. The number of carbonyl (C=O) groups excluding carboxylic acids is 1. The number of hydrogen-bond acceptors (Lipinski definition) is 7. The number of anilines is 2. The Morgan fingerprint density at radius 2 is 1.84 bits per heavy atom. The van der Waals surface area contributed by atoms with Gasteiger partial charge in [0, 0.05) is 42.8 Å². The van der Waals surface area contributed by atoms with E-state index in [1.165, 1.54) is 12.5 Å². The minimum Gasteiger partial charge on any atom is -0.345 e. The summed E-state index contributed by atoms with van der Waals surface area (Å²) in [4.78, 5) is 28.4. The van der Waals surface area contributed by atoms with Crippen molar-refractivity contribution in [2.24, 2.45) is 0 Å². The van der Waals surface area contributed by atoms with Gasteiger partial charge in [0.05, 0.1) is 23.9 Å². The van der Waals surface area contributed by atoms with E-state index in [9.17, 15) is 22.0 Å². The maximum absolute atomic E-state index is 14.1. The minimum atomic E-state index is -4.32. The largest absolute Gasteiger partial charge is 0.345 e. The molecule has 5 rings (SSSR count). The first kappa shape index (κ1) is 24.5. The van der Waals surface area contributed by atoms with Crippen LogP contribution < -0.4 is 9.62 Å². The number of fused-ring (bicyclic) bond motifs is 1. The molecule has 1 amide bonds. The summed E-state index contributed by atoms with van der Waals surface area (Å²) in [5.41, 5.74) is 2.09. The highest BCUT2D eigenvalue weighted by Gasteiger charge is 2.25. The molecule has 0 aliphatic carbocycles. The van der Waals surface area contributed by atoms with E-state index in [2.05, 4.69) is 19.7 Å². The third kappa shape index (κ3) is 4.92. The number of pyridine rings is 1. The van der Waals surface area contributed by atoms with Crippen LogP contribution in [0.4, 0.5) is 20.3 Å². The Morgan fingerprint density at radius 3 is 2.59 bits per heavy atom. The van der Waals surface area contributed by atoms with Crippen molar-refractivity contribution in [1.82, 2.24) is 19.9 Å². The molecule has 0 unspecified atom stereocenters. The lowest BCUT2D eigenvalue weighted by Crippen LogP contribution is -2.50. The zero-order valence-corrected chi connectivity index (χ0v) is 20.5. The number of nitrogens with zero attached hydrogens (tertiary/aromatic N) is 5. The van der Waals surface area contributed by atoms with Crippen LogP contribution in [0.1, 0.15) is 6.92 Å². The Morgan fingerprint density at radius 1 is 1.00 bits per heavy atom. The molecule has 2 aromatic heterocycles. The monoisotopic (exact) mass is 524 g/mol. The van der Waals surface area contributed by atoms with Gasteiger partial charge in [-0.2, -0.15) is 0 Å². The van der Waals surface area contributed by atoms with Crippen LogP contribution in [0.15, 0.2) is 66.1 Å². The number of amides is 1. The molecule has 1 N–H and O–H groups in total. The van der Waals surface area contributed by atoms with Crippen molar-refractivity contribution in [2.45, 2.75) is 11.8 Å². The van der Waals surface area contributed by atoms with E-state index in [0.717, 1.165) is 17.5 Å². The number of likely N-dealkylation sites (N-methyl/N-ethyl adjacent to an activating group) is 1. The molecule has 1 saturated heterocycles. The van der Waals surface area contributed by atoms with E-state index in [1.54, 1.807) is 17.2 Å². The van der Waals surface area contributed by atoms with Crippen molar-refractivity contribution in [1.29, 1.82) is 0 Å². The second kappa shape index (κ2) is 9.69. The lowest BCUT2D eigenvalue weighted by atomic mass is 10.0. The van der Waals surface area contributed by atoms with E-state index >= 15 is 0 Å². The van der Waals surface area contributed by atoms with Gasteiger partial charge in [-0.1, -0.05) is 6.07 Å². The van der Waals surface area contributed by atoms with Crippen molar-refractivity contribution in [3.63, 3.8) is 0 Å². The highest BCUT2D eigenvalue weighted by atomic mass is 32.2. The summed E-state index contributed by atoms with van der Waals surface area (Å²) in [6.07, 6.45) is 4.31. The fourth-order valence-electron chi connectivity index (χ4n) is 4.26. The highest BCUT2D eigenvalue weighted by Crippen LogP contribution is 2.30. The molecule has 0 atom stereocenters.